The first-order valence-electron chi connectivity index (χ1n) is 6.64. The molecule has 0 aromatic heterocycles. The summed E-state index contributed by atoms with van der Waals surface area (Å²) in [4.78, 5) is 18.2. The number of carbonyl (C=O) groups is 2. The molecule has 0 saturated carbocycles. The topological polar surface area (TPSA) is 122 Å². The average molecular weight is 377 g/mol. The van der Waals surface area contributed by atoms with Crippen LogP contribution in [0, 0.1) is 6.92 Å². The summed E-state index contributed by atoms with van der Waals surface area (Å²) < 4.78 is 6.64. The van der Waals surface area contributed by atoms with E-state index in [1.54, 1.807) is 0 Å². The van der Waals surface area contributed by atoms with E-state index < -0.39 is 11.9 Å². The second-order valence-corrected chi connectivity index (χ2v) is 5.14. The SMILES string of the molecule is Cc1ccc(OCCNCCCN)c(Br)c1.O=C(O)C(=O)O. The van der Waals surface area contributed by atoms with Crippen molar-refractivity contribution in [3.05, 3.63) is 28.2 Å². The van der Waals surface area contributed by atoms with Gasteiger partial charge in [-0.2, -0.15) is 0 Å². The maximum atomic E-state index is 9.10. The van der Waals surface area contributed by atoms with Gasteiger partial charge in [-0.05, 0) is 60.1 Å². The zero-order valence-corrected chi connectivity index (χ0v) is 13.9. The highest BCUT2D eigenvalue weighted by Crippen LogP contribution is 2.25. The van der Waals surface area contributed by atoms with Crippen LogP contribution >= 0.6 is 15.9 Å². The van der Waals surface area contributed by atoms with Gasteiger partial charge in [0.15, 0.2) is 0 Å². The van der Waals surface area contributed by atoms with Gasteiger partial charge in [0.2, 0.25) is 0 Å². The van der Waals surface area contributed by atoms with Crippen LogP contribution in [-0.2, 0) is 9.59 Å². The van der Waals surface area contributed by atoms with Gasteiger partial charge in [0, 0.05) is 6.54 Å². The monoisotopic (exact) mass is 376 g/mol. The Bertz CT molecular complexity index is 470. The van der Waals surface area contributed by atoms with Gasteiger partial charge in [0.05, 0.1) is 4.47 Å². The minimum Gasteiger partial charge on any atom is -0.491 e. The smallest absolute Gasteiger partial charge is 0.414 e. The highest BCUT2D eigenvalue weighted by molar-refractivity contribution is 9.10. The number of carboxylic acids is 2. The fourth-order valence-electron chi connectivity index (χ4n) is 1.31. The Kier molecular flexibility index (Phi) is 11.1. The molecule has 0 saturated heterocycles. The van der Waals surface area contributed by atoms with E-state index in [0.717, 1.165) is 36.3 Å². The standard InChI is InChI=1S/C12H19BrN2O.C2H2O4/c1-10-3-4-12(11(13)9-10)16-8-7-15-6-2-5-14;3-1(4)2(5)6/h3-4,9,15H,2,5-8,14H2,1H3;(H,3,4)(H,5,6). The van der Waals surface area contributed by atoms with Gasteiger partial charge < -0.3 is 26.0 Å². The summed E-state index contributed by atoms with van der Waals surface area (Å²) in [5.41, 5.74) is 6.61. The first-order chi connectivity index (χ1) is 10.4. The van der Waals surface area contributed by atoms with Gasteiger partial charge in [-0.15, -0.1) is 0 Å². The van der Waals surface area contributed by atoms with Crippen LogP contribution in [0.3, 0.4) is 0 Å². The van der Waals surface area contributed by atoms with Gasteiger partial charge in [0.25, 0.3) is 0 Å². The van der Waals surface area contributed by atoms with E-state index in [4.69, 9.17) is 30.3 Å². The molecule has 0 aliphatic carbocycles. The Morgan fingerprint density at radius 2 is 1.91 bits per heavy atom. The third-order valence-electron chi connectivity index (χ3n) is 2.36. The molecule has 8 heteroatoms. The van der Waals surface area contributed by atoms with E-state index >= 15 is 0 Å². The van der Waals surface area contributed by atoms with Gasteiger partial charge in [-0.1, -0.05) is 6.07 Å². The van der Waals surface area contributed by atoms with E-state index in [-0.39, 0.29) is 0 Å². The van der Waals surface area contributed by atoms with E-state index in [9.17, 15) is 0 Å². The number of rotatable bonds is 7. The third kappa shape index (κ3) is 10.1. The normalized spacial score (nSPS) is 9.59. The average Bonchev–Trinajstić information content (AvgIpc) is 2.45. The van der Waals surface area contributed by atoms with Crippen molar-refractivity contribution < 1.29 is 24.5 Å². The molecule has 0 aliphatic rings. The molecule has 1 aromatic carbocycles. The van der Waals surface area contributed by atoms with Crippen LogP contribution in [0.1, 0.15) is 12.0 Å². The summed E-state index contributed by atoms with van der Waals surface area (Å²) in [7, 11) is 0. The second-order valence-electron chi connectivity index (χ2n) is 4.28. The number of nitrogens with two attached hydrogens (primary N) is 1. The zero-order valence-electron chi connectivity index (χ0n) is 12.3. The van der Waals surface area contributed by atoms with Crippen LogP contribution in [0.4, 0.5) is 0 Å². The van der Waals surface area contributed by atoms with Crippen LogP contribution in [0.25, 0.3) is 0 Å². The largest absolute Gasteiger partial charge is 0.491 e. The Labute approximate surface area is 137 Å². The van der Waals surface area contributed by atoms with Gasteiger partial charge in [0.1, 0.15) is 12.4 Å². The number of hydrogen-bond donors (Lipinski definition) is 4. The first-order valence-corrected chi connectivity index (χ1v) is 7.43. The number of nitrogens with one attached hydrogen (secondary N) is 1. The zero-order chi connectivity index (χ0) is 17.0. The van der Waals surface area contributed by atoms with E-state index in [1.165, 1.54) is 5.56 Å². The predicted octanol–water partition coefficient (Wildman–Crippen LogP) is 1.23. The highest BCUT2D eigenvalue weighted by atomic mass is 79.9. The van der Waals surface area contributed by atoms with Gasteiger partial charge in [-0.25, -0.2) is 9.59 Å². The number of aliphatic carboxylic acids is 2. The molecular weight excluding hydrogens is 356 g/mol. The van der Waals surface area contributed by atoms with Crippen LogP contribution in [0.2, 0.25) is 0 Å². The lowest BCUT2D eigenvalue weighted by Gasteiger charge is -2.09. The third-order valence-corrected chi connectivity index (χ3v) is 2.98. The molecule has 0 heterocycles. The molecule has 0 amide bonds. The molecule has 124 valence electrons. The molecule has 5 N–H and O–H groups in total. The summed E-state index contributed by atoms with van der Waals surface area (Å²) in [6, 6.07) is 6.08. The Morgan fingerprint density at radius 1 is 1.27 bits per heavy atom. The molecule has 7 nitrogen and oxygen atoms in total. The van der Waals surface area contributed by atoms with E-state index in [2.05, 4.69) is 34.2 Å². The van der Waals surface area contributed by atoms with Crippen LogP contribution in [-0.4, -0.2) is 48.4 Å². The van der Waals surface area contributed by atoms with Crippen LogP contribution in [0.5, 0.6) is 5.75 Å². The van der Waals surface area contributed by atoms with Crippen molar-refractivity contribution in [3.8, 4) is 5.75 Å². The molecule has 0 aliphatic heterocycles. The van der Waals surface area contributed by atoms with Crippen molar-refractivity contribution in [2.24, 2.45) is 5.73 Å². The fraction of sp³-hybridized carbons (Fsp3) is 0.429. The molecule has 0 radical (unpaired) electrons. The maximum Gasteiger partial charge on any atom is 0.414 e. The van der Waals surface area contributed by atoms with Crippen molar-refractivity contribution in [3.63, 3.8) is 0 Å². The van der Waals surface area contributed by atoms with Crippen molar-refractivity contribution in [2.45, 2.75) is 13.3 Å². The number of ether oxygens (including phenoxy) is 1. The van der Waals surface area contributed by atoms with Gasteiger partial charge >= 0.3 is 11.9 Å². The quantitative estimate of drug-likeness (QED) is 0.416. The minimum absolute atomic E-state index is 0.673. The van der Waals surface area contributed by atoms with Crippen molar-refractivity contribution in [1.29, 1.82) is 0 Å². The van der Waals surface area contributed by atoms with Crippen LogP contribution < -0.4 is 15.8 Å². The summed E-state index contributed by atoms with van der Waals surface area (Å²) in [5, 5.41) is 18.0. The first kappa shape index (κ1) is 20.4. The lowest BCUT2D eigenvalue weighted by Crippen LogP contribution is -2.23. The highest BCUT2D eigenvalue weighted by Gasteiger charge is 2.04. The Hall–Kier alpha value is -1.64. The van der Waals surface area contributed by atoms with Gasteiger partial charge in [-0.3, -0.25) is 0 Å². The predicted molar refractivity (Wildman–Crippen MR) is 86.2 cm³/mol. The number of halogens is 1. The lowest BCUT2D eigenvalue weighted by molar-refractivity contribution is -0.159. The van der Waals surface area contributed by atoms with Crippen molar-refractivity contribution in [2.75, 3.05) is 26.2 Å². The lowest BCUT2D eigenvalue weighted by atomic mass is 10.2. The number of hydrogen-bond acceptors (Lipinski definition) is 5. The maximum absolute atomic E-state index is 9.10. The summed E-state index contributed by atoms with van der Waals surface area (Å²) in [5.74, 6) is -2.75. The number of carboxylic acid groups (broad SMARTS) is 2. The molecule has 22 heavy (non-hydrogen) atoms. The Balaban J connectivity index is 0.000000626. The number of benzene rings is 1. The number of aryl methyl sites for hydroxylation is 1. The van der Waals surface area contributed by atoms with Crippen LogP contribution in [0.15, 0.2) is 22.7 Å². The molecule has 1 aromatic rings. The fourth-order valence-corrected chi connectivity index (χ4v) is 1.92. The Morgan fingerprint density at radius 3 is 2.41 bits per heavy atom. The molecule has 0 atom stereocenters. The summed E-state index contributed by atoms with van der Waals surface area (Å²) >= 11 is 3.48. The van der Waals surface area contributed by atoms with E-state index in [1.807, 2.05) is 12.1 Å². The molecule has 0 bridgehead atoms. The molecule has 0 unspecified atom stereocenters. The summed E-state index contributed by atoms with van der Waals surface area (Å²) in [6.45, 7) is 5.27. The van der Waals surface area contributed by atoms with Crippen molar-refractivity contribution in [1.82, 2.24) is 5.32 Å². The molecule has 0 spiro atoms. The molecule has 1 rings (SSSR count). The molecular formula is C14H21BrN2O5. The molecule has 0 fully saturated rings. The minimum atomic E-state index is -1.82. The van der Waals surface area contributed by atoms with E-state index in [0.29, 0.717) is 6.61 Å². The van der Waals surface area contributed by atoms with Crippen molar-refractivity contribution >= 4 is 27.9 Å². The second kappa shape index (κ2) is 12.0. The summed E-state index contributed by atoms with van der Waals surface area (Å²) in [6.07, 6.45) is 1.01.